The number of benzene rings is 2. The second-order valence-electron chi connectivity index (χ2n) is 6.66. The van der Waals surface area contributed by atoms with Crippen LogP contribution in [0.3, 0.4) is 0 Å². The van der Waals surface area contributed by atoms with Crippen molar-refractivity contribution in [3.05, 3.63) is 99.7 Å². The molecular weight excluding hydrogens is 361 g/mol. The lowest BCUT2D eigenvalue weighted by molar-refractivity contribution is 0.103. The Balaban J connectivity index is 1.85. The van der Waals surface area contributed by atoms with E-state index < -0.39 is 23.7 Å². The molecule has 2 atom stereocenters. The summed E-state index contributed by atoms with van der Waals surface area (Å²) in [5, 5.41) is 10.7. The molecule has 0 saturated carbocycles. The monoisotopic (exact) mass is 379 g/mol. The molecule has 142 valence electrons. The van der Waals surface area contributed by atoms with E-state index in [1.165, 1.54) is 28.8 Å². The highest BCUT2D eigenvalue weighted by atomic mass is 19.1. The van der Waals surface area contributed by atoms with Gasteiger partial charge in [0.1, 0.15) is 11.6 Å². The summed E-state index contributed by atoms with van der Waals surface area (Å²) in [7, 11) is 0. The van der Waals surface area contributed by atoms with Gasteiger partial charge in [-0.1, -0.05) is 18.2 Å². The van der Waals surface area contributed by atoms with Crippen molar-refractivity contribution < 1.29 is 19.0 Å². The van der Waals surface area contributed by atoms with Crippen molar-refractivity contribution in [3.8, 4) is 5.75 Å². The van der Waals surface area contributed by atoms with E-state index in [2.05, 4.69) is 0 Å². The van der Waals surface area contributed by atoms with Gasteiger partial charge in [-0.2, -0.15) is 0 Å². The second kappa shape index (κ2) is 7.40. The molecule has 28 heavy (non-hydrogen) atoms. The molecule has 2 aromatic carbocycles. The fraction of sp³-hybridized carbons (Fsp3) is 0.182. The van der Waals surface area contributed by atoms with E-state index in [4.69, 9.17) is 4.74 Å². The lowest BCUT2D eigenvalue weighted by Gasteiger charge is -2.24. The first-order valence-electron chi connectivity index (χ1n) is 8.97. The number of ether oxygens (including phenoxy) is 1. The van der Waals surface area contributed by atoms with E-state index in [0.717, 1.165) is 0 Å². The Kier molecular flexibility index (Phi) is 4.79. The molecule has 0 fully saturated rings. The number of aliphatic hydroxyl groups is 1. The third-order valence-corrected chi connectivity index (χ3v) is 4.90. The first kappa shape index (κ1) is 18.1. The molecular formula is C22H18FNO4. The van der Waals surface area contributed by atoms with Crippen LogP contribution >= 0.6 is 0 Å². The number of pyridine rings is 1. The minimum absolute atomic E-state index is 0.0361. The standard InChI is InChI=1S/C22H18FNO4/c23-17-6-2-1-5-15(17)22(27)14-8-9-19-16(13-14)21(18(25)10-12-28-19)24-11-4-3-7-20(24)26/h1-9,11,13,18,21,25H,10,12H2/t18-,21-/m0/s1. The van der Waals surface area contributed by atoms with Crippen LogP contribution < -0.4 is 10.3 Å². The molecule has 6 heteroatoms. The minimum atomic E-state index is -0.875. The van der Waals surface area contributed by atoms with Crippen molar-refractivity contribution in [2.45, 2.75) is 18.6 Å². The third kappa shape index (κ3) is 3.23. The van der Waals surface area contributed by atoms with Crippen LogP contribution in [0.5, 0.6) is 5.75 Å². The molecule has 1 aliphatic heterocycles. The summed E-state index contributed by atoms with van der Waals surface area (Å²) >= 11 is 0. The normalized spacial score (nSPS) is 18.6. The Labute approximate surface area is 160 Å². The summed E-state index contributed by atoms with van der Waals surface area (Å²) in [6, 6.07) is 14.6. The maximum atomic E-state index is 14.1. The summed E-state index contributed by atoms with van der Waals surface area (Å²) in [6.07, 6.45) is 1.05. The first-order valence-corrected chi connectivity index (χ1v) is 8.97. The minimum Gasteiger partial charge on any atom is -0.493 e. The maximum Gasteiger partial charge on any atom is 0.251 e. The van der Waals surface area contributed by atoms with Crippen molar-refractivity contribution in [1.82, 2.24) is 4.57 Å². The predicted octanol–water partition coefficient (Wildman–Crippen LogP) is 2.95. The Morgan fingerprint density at radius 3 is 2.68 bits per heavy atom. The van der Waals surface area contributed by atoms with E-state index in [1.807, 2.05) is 0 Å². The SMILES string of the molecule is O=C(c1ccc2c(c1)[C@H](n1ccccc1=O)[C@@H](O)CCO2)c1ccccc1F. The zero-order chi connectivity index (χ0) is 19.7. The Hall–Kier alpha value is -3.25. The number of aromatic nitrogens is 1. The van der Waals surface area contributed by atoms with Gasteiger partial charge in [0.25, 0.3) is 5.56 Å². The molecule has 0 amide bonds. The van der Waals surface area contributed by atoms with Crippen molar-refractivity contribution in [1.29, 1.82) is 0 Å². The van der Waals surface area contributed by atoms with Crippen molar-refractivity contribution >= 4 is 5.78 Å². The zero-order valence-corrected chi connectivity index (χ0v) is 14.9. The molecule has 1 N–H and O–H groups in total. The number of fused-ring (bicyclic) bond motifs is 1. The summed E-state index contributed by atoms with van der Waals surface area (Å²) in [6.45, 7) is 0.285. The van der Waals surface area contributed by atoms with Gasteiger partial charge in [0.2, 0.25) is 0 Å². The number of hydrogen-bond acceptors (Lipinski definition) is 4. The second-order valence-corrected chi connectivity index (χ2v) is 6.66. The summed E-state index contributed by atoms with van der Waals surface area (Å²) in [5.41, 5.74) is 0.465. The van der Waals surface area contributed by atoms with E-state index in [-0.39, 0.29) is 23.3 Å². The summed E-state index contributed by atoms with van der Waals surface area (Å²) in [4.78, 5) is 25.2. The number of ketones is 1. The molecule has 4 rings (SSSR count). The number of nitrogens with zero attached hydrogens (tertiary/aromatic N) is 1. The van der Waals surface area contributed by atoms with Gasteiger partial charge in [0.05, 0.1) is 24.3 Å². The molecule has 0 bridgehead atoms. The smallest absolute Gasteiger partial charge is 0.251 e. The number of carbonyl (C=O) groups excluding carboxylic acids is 1. The van der Waals surface area contributed by atoms with Crippen LogP contribution in [0.1, 0.15) is 33.9 Å². The molecule has 1 aromatic heterocycles. The van der Waals surface area contributed by atoms with Gasteiger partial charge < -0.3 is 14.4 Å². The third-order valence-electron chi connectivity index (χ3n) is 4.90. The molecule has 0 radical (unpaired) electrons. The van der Waals surface area contributed by atoms with Crippen molar-refractivity contribution in [3.63, 3.8) is 0 Å². The van der Waals surface area contributed by atoms with E-state index >= 15 is 0 Å². The Bertz CT molecular complexity index is 1090. The molecule has 0 spiro atoms. The summed E-state index contributed by atoms with van der Waals surface area (Å²) < 4.78 is 21.2. The van der Waals surface area contributed by atoms with Crippen LogP contribution in [0.15, 0.2) is 71.7 Å². The van der Waals surface area contributed by atoms with Gasteiger partial charge in [-0.25, -0.2) is 4.39 Å². The average molecular weight is 379 g/mol. The van der Waals surface area contributed by atoms with Crippen molar-refractivity contribution in [2.24, 2.45) is 0 Å². The maximum absolute atomic E-state index is 14.1. The van der Waals surface area contributed by atoms with Crippen LogP contribution in [0.2, 0.25) is 0 Å². The molecule has 5 nitrogen and oxygen atoms in total. The quantitative estimate of drug-likeness (QED) is 0.711. The highest BCUT2D eigenvalue weighted by Crippen LogP contribution is 2.35. The fourth-order valence-electron chi connectivity index (χ4n) is 3.51. The molecule has 3 aromatic rings. The van der Waals surface area contributed by atoms with Gasteiger partial charge in [-0.3, -0.25) is 9.59 Å². The largest absolute Gasteiger partial charge is 0.493 e. The average Bonchev–Trinajstić information content (AvgIpc) is 2.86. The van der Waals surface area contributed by atoms with Gasteiger partial charge in [-0.05, 0) is 36.4 Å². The number of aliphatic hydroxyl groups excluding tert-OH is 1. The Morgan fingerprint density at radius 2 is 1.89 bits per heavy atom. The van der Waals surface area contributed by atoms with Crippen LogP contribution in [0.25, 0.3) is 0 Å². The highest BCUT2D eigenvalue weighted by Gasteiger charge is 2.30. The zero-order valence-electron chi connectivity index (χ0n) is 14.9. The molecule has 2 heterocycles. The van der Waals surface area contributed by atoms with E-state index in [1.54, 1.807) is 42.6 Å². The highest BCUT2D eigenvalue weighted by molar-refractivity contribution is 6.09. The van der Waals surface area contributed by atoms with Gasteiger partial charge in [-0.15, -0.1) is 0 Å². The lowest BCUT2D eigenvalue weighted by atomic mass is 9.94. The molecule has 0 aliphatic carbocycles. The van der Waals surface area contributed by atoms with Gasteiger partial charge >= 0.3 is 0 Å². The van der Waals surface area contributed by atoms with E-state index in [0.29, 0.717) is 17.7 Å². The van der Waals surface area contributed by atoms with Crippen LogP contribution in [0, 0.1) is 5.82 Å². The van der Waals surface area contributed by atoms with Gasteiger partial charge in [0, 0.05) is 29.8 Å². The predicted molar refractivity (Wildman–Crippen MR) is 101 cm³/mol. The summed E-state index contributed by atoms with van der Waals surface area (Å²) in [5.74, 6) is -0.587. The molecule has 0 unspecified atom stereocenters. The number of hydrogen-bond donors (Lipinski definition) is 1. The number of halogens is 1. The number of carbonyl (C=O) groups is 1. The first-order chi connectivity index (χ1) is 13.6. The fourth-order valence-corrected chi connectivity index (χ4v) is 3.51. The number of rotatable bonds is 3. The lowest BCUT2D eigenvalue weighted by Crippen LogP contribution is -2.32. The van der Waals surface area contributed by atoms with Crippen LogP contribution in [-0.2, 0) is 0 Å². The van der Waals surface area contributed by atoms with Crippen LogP contribution in [0.4, 0.5) is 4.39 Å². The van der Waals surface area contributed by atoms with Gasteiger partial charge in [0.15, 0.2) is 5.78 Å². The van der Waals surface area contributed by atoms with Crippen molar-refractivity contribution in [2.75, 3.05) is 6.61 Å². The van der Waals surface area contributed by atoms with E-state index in [9.17, 15) is 19.1 Å². The van der Waals surface area contributed by atoms with Crippen LogP contribution in [-0.4, -0.2) is 28.2 Å². The molecule has 1 aliphatic rings. The molecule has 0 saturated heterocycles. The Morgan fingerprint density at radius 1 is 1.11 bits per heavy atom. The topological polar surface area (TPSA) is 68.5 Å².